The minimum absolute atomic E-state index is 0.0361. The summed E-state index contributed by atoms with van der Waals surface area (Å²) in [4.78, 5) is 24.4. The summed E-state index contributed by atoms with van der Waals surface area (Å²) in [7, 11) is 0. The summed E-state index contributed by atoms with van der Waals surface area (Å²) in [6.45, 7) is 8.18. The number of benzene rings is 1. The van der Waals surface area contributed by atoms with Crippen LogP contribution in [-0.2, 0) is 11.2 Å². The molecule has 27 heavy (non-hydrogen) atoms. The summed E-state index contributed by atoms with van der Waals surface area (Å²) in [5.74, 6) is 0.707. The molecule has 144 valence electrons. The van der Waals surface area contributed by atoms with Gasteiger partial charge in [0.25, 0.3) is 0 Å². The highest BCUT2D eigenvalue weighted by Crippen LogP contribution is 2.34. The Morgan fingerprint density at radius 1 is 1.04 bits per heavy atom. The van der Waals surface area contributed by atoms with Gasteiger partial charge in [-0.3, -0.25) is 4.79 Å². The van der Waals surface area contributed by atoms with E-state index in [0.717, 1.165) is 38.8 Å². The third kappa shape index (κ3) is 3.49. The lowest BCUT2D eigenvalue weighted by atomic mass is 9.98. The largest absolute Gasteiger partial charge is 0.461 e. The second-order valence-corrected chi connectivity index (χ2v) is 6.96. The number of nitrogens with one attached hydrogen (secondary N) is 1. The van der Waals surface area contributed by atoms with Crippen LogP contribution in [-0.4, -0.2) is 24.2 Å². The Labute approximate surface area is 157 Å². The van der Waals surface area contributed by atoms with Crippen molar-refractivity contribution in [2.45, 2.75) is 47.0 Å². The zero-order chi connectivity index (χ0) is 19.7. The van der Waals surface area contributed by atoms with Gasteiger partial charge in [0.1, 0.15) is 16.9 Å². The first-order chi connectivity index (χ1) is 12.8. The van der Waals surface area contributed by atoms with E-state index < -0.39 is 5.63 Å². The molecule has 0 saturated heterocycles. The van der Waals surface area contributed by atoms with Crippen molar-refractivity contribution in [2.75, 3.05) is 13.2 Å². The fraction of sp³-hybridized carbons (Fsp3) is 0.429. The Morgan fingerprint density at radius 2 is 1.70 bits per heavy atom. The van der Waals surface area contributed by atoms with Gasteiger partial charge < -0.3 is 19.3 Å². The van der Waals surface area contributed by atoms with E-state index >= 15 is 0 Å². The highest BCUT2D eigenvalue weighted by atomic mass is 16.4. The van der Waals surface area contributed by atoms with Crippen molar-refractivity contribution < 1.29 is 18.7 Å². The standard InChI is InChI=1S/C21H25NO5/c1-11-14(4)26-19-13(3)20-17(10-16(11)19)12(2)15(21(25)27-20)6-7-18(24)22-8-5-9-23/h10,23H,5-9H2,1-4H3,(H,22,24). The van der Waals surface area contributed by atoms with E-state index in [-0.39, 0.29) is 18.9 Å². The topological polar surface area (TPSA) is 92.7 Å². The second-order valence-electron chi connectivity index (χ2n) is 6.96. The molecule has 2 heterocycles. The predicted octanol–water partition coefficient (Wildman–Crippen LogP) is 3.20. The van der Waals surface area contributed by atoms with Gasteiger partial charge in [-0.15, -0.1) is 0 Å². The van der Waals surface area contributed by atoms with Gasteiger partial charge in [0.2, 0.25) is 5.91 Å². The number of fused-ring (bicyclic) bond motifs is 2. The number of aliphatic hydroxyl groups is 1. The summed E-state index contributed by atoms with van der Waals surface area (Å²) < 4.78 is 11.5. The molecular weight excluding hydrogens is 346 g/mol. The Hall–Kier alpha value is -2.60. The number of furan rings is 1. The second kappa shape index (κ2) is 7.56. The first kappa shape index (κ1) is 19.2. The summed E-state index contributed by atoms with van der Waals surface area (Å²) in [5.41, 5.74) is 4.12. The summed E-state index contributed by atoms with van der Waals surface area (Å²) in [5, 5.41) is 13.4. The molecule has 1 amide bonds. The fourth-order valence-corrected chi connectivity index (χ4v) is 3.42. The quantitative estimate of drug-likeness (QED) is 0.513. The molecule has 6 heteroatoms. The van der Waals surface area contributed by atoms with Gasteiger partial charge in [0.05, 0.1) is 0 Å². The van der Waals surface area contributed by atoms with E-state index in [1.54, 1.807) is 0 Å². The molecular formula is C21H25NO5. The number of aliphatic hydroxyl groups excluding tert-OH is 1. The van der Waals surface area contributed by atoms with Gasteiger partial charge in [-0.2, -0.15) is 0 Å². The van der Waals surface area contributed by atoms with E-state index in [9.17, 15) is 9.59 Å². The van der Waals surface area contributed by atoms with Crippen LogP contribution in [0.4, 0.5) is 0 Å². The maximum atomic E-state index is 12.5. The number of hydrogen-bond donors (Lipinski definition) is 2. The average Bonchev–Trinajstić information content (AvgIpc) is 2.91. The number of amides is 1. The molecule has 0 aliphatic rings. The first-order valence-electron chi connectivity index (χ1n) is 9.18. The average molecular weight is 371 g/mol. The molecule has 2 aromatic heterocycles. The summed E-state index contributed by atoms with van der Waals surface area (Å²) in [6, 6.07) is 2.01. The lowest BCUT2D eigenvalue weighted by Crippen LogP contribution is -2.26. The molecule has 0 atom stereocenters. The molecule has 0 unspecified atom stereocenters. The molecule has 2 N–H and O–H groups in total. The van der Waals surface area contributed by atoms with Gasteiger partial charge in [-0.05, 0) is 57.7 Å². The van der Waals surface area contributed by atoms with Gasteiger partial charge in [-0.25, -0.2) is 4.79 Å². The van der Waals surface area contributed by atoms with E-state index in [4.69, 9.17) is 13.9 Å². The number of aryl methyl sites for hydroxylation is 4. The predicted molar refractivity (Wildman–Crippen MR) is 104 cm³/mol. The van der Waals surface area contributed by atoms with Crippen molar-refractivity contribution in [3.63, 3.8) is 0 Å². The van der Waals surface area contributed by atoms with Crippen LogP contribution in [0.3, 0.4) is 0 Å². The molecule has 3 aromatic rings. The highest BCUT2D eigenvalue weighted by Gasteiger charge is 2.19. The van der Waals surface area contributed by atoms with Crippen LogP contribution in [0.5, 0.6) is 0 Å². The molecule has 6 nitrogen and oxygen atoms in total. The third-order valence-electron chi connectivity index (χ3n) is 5.20. The van der Waals surface area contributed by atoms with Crippen LogP contribution in [0.25, 0.3) is 21.9 Å². The van der Waals surface area contributed by atoms with E-state index in [1.807, 2.05) is 33.8 Å². The molecule has 0 aliphatic carbocycles. The number of hydrogen-bond acceptors (Lipinski definition) is 5. The maximum absolute atomic E-state index is 12.5. The van der Waals surface area contributed by atoms with Gasteiger partial charge in [0.15, 0.2) is 0 Å². The summed E-state index contributed by atoms with van der Waals surface area (Å²) >= 11 is 0. The van der Waals surface area contributed by atoms with Gasteiger partial charge >= 0.3 is 5.63 Å². The van der Waals surface area contributed by atoms with Crippen molar-refractivity contribution in [2.24, 2.45) is 0 Å². The minimum atomic E-state index is -0.411. The van der Waals surface area contributed by atoms with E-state index in [1.165, 1.54) is 0 Å². The zero-order valence-corrected chi connectivity index (χ0v) is 16.2. The molecule has 0 fully saturated rings. The van der Waals surface area contributed by atoms with Crippen LogP contribution in [0.1, 0.15) is 40.9 Å². The normalized spacial score (nSPS) is 11.4. The first-order valence-corrected chi connectivity index (χ1v) is 9.18. The SMILES string of the molecule is Cc1oc2c(C)c3oc(=O)c(CCC(=O)NCCCO)c(C)c3cc2c1C. The molecule has 0 aliphatic heterocycles. The van der Waals surface area contributed by atoms with E-state index in [0.29, 0.717) is 30.5 Å². The molecule has 0 bridgehead atoms. The molecule has 1 aromatic carbocycles. The monoisotopic (exact) mass is 371 g/mol. The van der Waals surface area contributed by atoms with Gasteiger partial charge in [-0.1, -0.05) is 0 Å². The van der Waals surface area contributed by atoms with Crippen molar-refractivity contribution in [1.29, 1.82) is 0 Å². The number of carbonyl (C=O) groups excluding carboxylic acids is 1. The maximum Gasteiger partial charge on any atom is 0.339 e. The Balaban J connectivity index is 2.00. The minimum Gasteiger partial charge on any atom is -0.461 e. The van der Waals surface area contributed by atoms with Gasteiger partial charge in [0, 0.05) is 41.5 Å². The van der Waals surface area contributed by atoms with Crippen LogP contribution in [0.15, 0.2) is 19.7 Å². The summed E-state index contributed by atoms with van der Waals surface area (Å²) in [6.07, 6.45) is 1.03. The smallest absolute Gasteiger partial charge is 0.339 e. The lowest BCUT2D eigenvalue weighted by Gasteiger charge is -2.10. The zero-order valence-electron chi connectivity index (χ0n) is 16.2. The van der Waals surface area contributed by atoms with Crippen molar-refractivity contribution in [3.8, 4) is 0 Å². The van der Waals surface area contributed by atoms with Crippen molar-refractivity contribution in [1.82, 2.24) is 5.32 Å². The number of rotatable bonds is 6. The molecule has 0 radical (unpaired) electrons. The fourth-order valence-electron chi connectivity index (χ4n) is 3.42. The molecule has 0 saturated carbocycles. The molecule has 0 spiro atoms. The molecule has 3 rings (SSSR count). The van der Waals surface area contributed by atoms with Crippen molar-refractivity contribution >= 4 is 27.8 Å². The van der Waals surface area contributed by atoms with Crippen LogP contribution in [0.2, 0.25) is 0 Å². The Kier molecular flexibility index (Phi) is 5.37. The van der Waals surface area contributed by atoms with Crippen LogP contribution >= 0.6 is 0 Å². The van der Waals surface area contributed by atoms with Crippen LogP contribution in [0, 0.1) is 27.7 Å². The Morgan fingerprint density at radius 3 is 2.41 bits per heavy atom. The van der Waals surface area contributed by atoms with Crippen LogP contribution < -0.4 is 10.9 Å². The number of carbonyl (C=O) groups is 1. The lowest BCUT2D eigenvalue weighted by molar-refractivity contribution is -0.121. The van der Waals surface area contributed by atoms with E-state index in [2.05, 4.69) is 5.32 Å². The van der Waals surface area contributed by atoms with Crippen molar-refractivity contribution in [3.05, 3.63) is 44.5 Å². The Bertz CT molecular complexity index is 1070. The highest BCUT2D eigenvalue weighted by molar-refractivity contribution is 6.00. The third-order valence-corrected chi connectivity index (χ3v) is 5.20.